The molecule has 0 atom stereocenters. The Morgan fingerprint density at radius 3 is 0.714 bits per heavy atom. The molecule has 0 fully saturated rings. The largest absolute Gasteiger partial charge is 0.342 e. The summed E-state index contributed by atoms with van der Waals surface area (Å²) < 4.78 is 9.69. The molecule has 0 N–H and O–H groups in total. The fraction of sp³-hybridized carbons (Fsp3) is 0.0769. The van der Waals surface area contributed by atoms with Gasteiger partial charge in [-0.05, 0) is 46.5 Å². The van der Waals surface area contributed by atoms with Crippen LogP contribution in [-0.4, -0.2) is 18.3 Å². The van der Waals surface area contributed by atoms with Gasteiger partial charge in [0.2, 0.25) is 0 Å². The lowest BCUT2D eigenvalue weighted by Crippen LogP contribution is -2.05. The minimum Gasteiger partial charge on any atom is -0.342 e. The third-order valence-corrected chi connectivity index (χ3v) is 11.8. The number of hydrogen-bond acceptors (Lipinski definition) is 0. The van der Waals surface area contributed by atoms with Crippen LogP contribution in [0.4, 0.5) is 0 Å². The highest BCUT2D eigenvalue weighted by Gasteiger charge is 2.15. The van der Waals surface area contributed by atoms with Gasteiger partial charge in [0.1, 0.15) is 0 Å². The van der Waals surface area contributed by atoms with Gasteiger partial charge in [-0.1, -0.05) is 146 Å². The summed E-state index contributed by atoms with van der Waals surface area (Å²) in [5.41, 5.74) is 15.2. The molecule has 11 rings (SSSR count). The lowest BCUT2D eigenvalue weighted by Gasteiger charge is -2.13. The summed E-state index contributed by atoms with van der Waals surface area (Å²) in [5.74, 6) is 0. The molecule has 5 heterocycles. The van der Waals surface area contributed by atoms with Crippen molar-refractivity contribution in [2.75, 3.05) is 0 Å². The maximum Gasteiger partial charge on any atom is 0.0489 e. The zero-order chi connectivity index (χ0) is 37.0. The molecular formula is C52H40N4. The smallest absolute Gasteiger partial charge is 0.0489 e. The Kier molecular flexibility index (Phi) is 7.73. The van der Waals surface area contributed by atoms with Crippen LogP contribution in [0.25, 0.3) is 67.9 Å². The molecule has 4 nitrogen and oxygen atoms in total. The Morgan fingerprint density at radius 1 is 0.250 bits per heavy atom. The average Bonchev–Trinajstić information content (AvgIpc) is 3.99. The molecule has 1 aliphatic rings. The molecule has 8 bridgehead atoms. The van der Waals surface area contributed by atoms with Gasteiger partial charge in [0, 0.05) is 117 Å². The van der Waals surface area contributed by atoms with Gasteiger partial charge in [0.15, 0.2) is 0 Å². The summed E-state index contributed by atoms with van der Waals surface area (Å²) >= 11 is 0. The molecule has 0 radical (unpaired) electrons. The Labute approximate surface area is 326 Å². The normalized spacial score (nSPS) is 14.4. The number of benzene rings is 6. The van der Waals surface area contributed by atoms with Crippen molar-refractivity contribution in [1.82, 2.24) is 18.3 Å². The molecule has 0 unspecified atom stereocenters. The first-order chi connectivity index (χ1) is 27.7. The van der Waals surface area contributed by atoms with Crippen LogP contribution in [0, 0.1) is 0 Å². The van der Waals surface area contributed by atoms with Crippen LogP contribution in [0.5, 0.6) is 0 Å². The summed E-state index contributed by atoms with van der Waals surface area (Å²) in [4.78, 5) is 0. The van der Waals surface area contributed by atoms with Crippen molar-refractivity contribution in [3.63, 3.8) is 0 Å². The second-order valence-corrected chi connectivity index (χ2v) is 15.1. The number of para-hydroxylation sites is 4. The second-order valence-electron chi connectivity index (χ2n) is 15.1. The van der Waals surface area contributed by atoms with Crippen molar-refractivity contribution in [3.8, 4) is 0 Å². The highest BCUT2D eigenvalue weighted by atomic mass is 15.0. The van der Waals surface area contributed by atoms with E-state index in [0.717, 1.165) is 26.2 Å². The Hall–Kier alpha value is -7.04. The van der Waals surface area contributed by atoms with Crippen molar-refractivity contribution in [2.45, 2.75) is 26.2 Å². The van der Waals surface area contributed by atoms with Gasteiger partial charge in [-0.25, -0.2) is 0 Å². The van der Waals surface area contributed by atoms with Gasteiger partial charge in [-0.3, -0.25) is 0 Å². The first-order valence-electron chi connectivity index (χ1n) is 19.5. The summed E-state index contributed by atoms with van der Waals surface area (Å²) in [6.07, 6.45) is 18.5. The predicted octanol–water partition coefficient (Wildman–Crippen LogP) is 12.4. The third kappa shape index (κ3) is 5.61. The number of rotatable bonds is 0. The van der Waals surface area contributed by atoms with Crippen molar-refractivity contribution in [2.24, 2.45) is 0 Å². The van der Waals surface area contributed by atoms with Crippen LogP contribution in [-0.2, 0) is 26.2 Å². The summed E-state index contributed by atoms with van der Waals surface area (Å²) in [7, 11) is 0. The van der Waals surface area contributed by atoms with Crippen molar-refractivity contribution in [3.05, 3.63) is 215 Å². The standard InChI is InChI=1S/C52H40N4/c1-2-14-38-30-54-34-42(46-18-6-10-22-50(46)54)27-28-44-36-56(52-24-12-8-20-48(44)52)32-40-16-4-3-15-39(40)31-55-35-43(47-19-7-11-23-51(47)55)26-25-41-33-53(29-37(38)13-1)49-21-9-5-17-45(41)49/h1-28,33-36H,29-32H2/b26-25-,28-27-. The molecule has 6 aromatic carbocycles. The Morgan fingerprint density at radius 2 is 0.464 bits per heavy atom. The number of fused-ring (bicyclic) bond motifs is 22. The second kappa shape index (κ2) is 13.4. The van der Waals surface area contributed by atoms with Crippen LogP contribution in [0.2, 0.25) is 0 Å². The fourth-order valence-corrected chi connectivity index (χ4v) is 8.98. The predicted molar refractivity (Wildman–Crippen MR) is 235 cm³/mol. The number of hydrogen-bond donors (Lipinski definition) is 0. The van der Waals surface area contributed by atoms with E-state index in [-0.39, 0.29) is 0 Å². The molecule has 4 aromatic heterocycles. The molecule has 0 amide bonds. The Balaban J connectivity index is 1.10. The maximum atomic E-state index is 2.42. The van der Waals surface area contributed by atoms with Crippen LogP contribution in [0.3, 0.4) is 0 Å². The van der Waals surface area contributed by atoms with E-state index in [4.69, 9.17) is 0 Å². The van der Waals surface area contributed by atoms with E-state index >= 15 is 0 Å². The molecule has 0 saturated heterocycles. The molecule has 0 saturated carbocycles. The first kappa shape index (κ1) is 32.4. The van der Waals surface area contributed by atoms with E-state index in [1.165, 1.54) is 88.1 Å². The van der Waals surface area contributed by atoms with Gasteiger partial charge >= 0.3 is 0 Å². The van der Waals surface area contributed by atoms with E-state index < -0.39 is 0 Å². The van der Waals surface area contributed by atoms with Gasteiger partial charge in [-0.2, -0.15) is 0 Å². The zero-order valence-electron chi connectivity index (χ0n) is 31.1. The summed E-state index contributed by atoms with van der Waals surface area (Å²) in [6.45, 7) is 3.16. The van der Waals surface area contributed by atoms with Gasteiger partial charge < -0.3 is 18.3 Å². The van der Waals surface area contributed by atoms with E-state index in [1.54, 1.807) is 0 Å². The van der Waals surface area contributed by atoms with E-state index in [2.05, 4.69) is 213 Å². The number of nitrogens with zero attached hydrogens (tertiary/aromatic N) is 4. The molecule has 4 heteroatoms. The van der Waals surface area contributed by atoms with Crippen LogP contribution >= 0.6 is 0 Å². The van der Waals surface area contributed by atoms with Crippen molar-refractivity contribution >= 4 is 67.9 Å². The molecule has 1 aliphatic heterocycles. The molecule has 0 aliphatic carbocycles. The molecule has 10 aromatic rings. The topological polar surface area (TPSA) is 19.7 Å². The minimum atomic E-state index is 0.791. The van der Waals surface area contributed by atoms with Crippen LogP contribution in [0.15, 0.2) is 170 Å². The molecule has 0 spiro atoms. The fourth-order valence-electron chi connectivity index (χ4n) is 8.98. The van der Waals surface area contributed by atoms with Crippen molar-refractivity contribution in [1.29, 1.82) is 0 Å². The highest BCUT2D eigenvalue weighted by molar-refractivity contribution is 5.98. The number of aromatic nitrogens is 4. The zero-order valence-corrected chi connectivity index (χ0v) is 31.1. The van der Waals surface area contributed by atoms with Gasteiger partial charge in [0.05, 0.1) is 0 Å². The quantitative estimate of drug-likeness (QED) is 0.149. The average molecular weight is 721 g/mol. The van der Waals surface area contributed by atoms with Crippen LogP contribution in [0.1, 0.15) is 44.5 Å². The maximum absolute atomic E-state index is 2.42. The Bertz CT molecular complexity index is 2730. The lowest BCUT2D eigenvalue weighted by atomic mass is 10.1. The van der Waals surface area contributed by atoms with Gasteiger partial charge in [-0.15, -0.1) is 0 Å². The van der Waals surface area contributed by atoms with Crippen LogP contribution < -0.4 is 0 Å². The molecule has 56 heavy (non-hydrogen) atoms. The van der Waals surface area contributed by atoms with E-state index in [9.17, 15) is 0 Å². The van der Waals surface area contributed by atoms with Crippen molar-refractivity contribution < 1.29 is 0 Å². The molecule has 268 valence electrons. The first-order valence-corrected chi connectivity index (χ1v) is 19.5. The lowest BCUT2D eigenvalue weighted by molar-refractivity contribution is 0.782. The van der Waals surface area contributed by atoms with E-state index in [0.29, 0.717) is 0 Å². The highest BCUT2D eigenvalue weighted by Crippen LogP contribution is 2.31. The minimum absolute atomic E-state index is 0.791. The summed E-state index contributed by atoms with van der Waals surface area (Å²) in [5, 5.41) is 5.05. The SMILES string of the molecule is C1=C\c2cn(c3ccccc23)Cc2ccccc2Cn2cc(c3ccccc32)/C=C\c2cn(c3ccccc23)Cc2ccccc2Cn2cc/1c1ccccc12. The van der Waals surface area contributed by atoms with E-state index in [1.807, 2.05) is 0 Å². The monoisotopic (exact) mass is 720 g/mol. The third-order valence-electron chi connectivity index (χ3n) is 11.8. The summed E-state index contributed by atoms with van der Waals surface area (Å²) in [6, 6.07) is 53.1. The molecular weight excluding hydrogens is 681 g/mol. The van der Waals surface area contributed by atoms with Gasteiger partial charge in [0.25, 0.3) is 0 Å².